The predicted octanol–water partition coefficient (Wildman–Crippen LogP) is 2.80. The first-order chi connectivity index (χ1) is 8.15. The van der Waals surface area contributed by atoms with E-state index in [1.54, 1.807) is 24.3 Å². The van der Waals surface area contributed by atoms with Gasteiger partial charge in [0.2, 0.25) is 5.76 Å². The highest BCUT2D eigenvalue weighted by Gasteiger charge is 2.13. The summed E-state index contributed by atoms with van der Waals surface area (Å²) in [7, 11) is 1.29. The molecule has 1 aromatic heterocycles. The van der Waals surface area contributed by atoms with Crippen molar-refractivity contribution in [1.82, 2.24) is 0 Å². The highest BCUT2D eigenvalue weighted by atomic mass is 79.9. The van der Waals surface area contributed by atoms with Crippen LogP contribution in [-0.2, 0) is 4.74 Å². The molecule has 0 atom stereocenters. The minimum atomic E-state index is -0.533. The second kappa shape index (κ2) is 4.71. The molecule has 0 amide bonds. The first-order valence-corrected chi connectivity index (χ1v) is 5.99. The van der Waals surface area contributed by atoms with Crippen molar-refractivity contribution in [2.75, 3.05) is 12.4 Å². The molecule has 0 radical (unpaired) electrons. The summed E-state index contributed by atoms with van der Waals surface area (Å²) in [6, 6.07) is 6.58. The summed E-state index contributed by atoms with van der Waals surface area (Å²) in [5.74, 6) is -0.423. The lowest BCUT2D eigenvalue weighted by Crippen LogP contribution is -1.98. The normalized spacial score (nSPS) is 10.5. The van der Waals surface area contributed by atoms with E-state index in [0.717, 1.165) is 0 Å². The molecule has 0 spiro atoms. The molecule has 0 aliphatic rings. The number of hydrogen-bond acceptors (Lipinski definition) is 4. The van der Waals surface area contributed by atoms with Gasteiger partial charge in [-0.2, -0.15) is 0 Å². The zero-order valence-corrected chi connectivity index (χ0v) is 10.6. The molecule has 0 unspecified atom stereocenters. The molecule has 0 N–H and O–H groups in total. The largest absolute Gasteiger partial charge is 0.463 e. The first kappa shape index (κ1) is 11.9. The highest BCUT2D eigenvalue weighted by Crippen LogP contribution is 2.21. The molecule has 88 valence electrons. The van der Waals surface area contributed by atoms with Crippen LogP contribution in [0.15, 0.2) is 28.7 Å². The third-order valence-corrected chi connectivity index (χ3v) is 2.86. The van der Waals surface area contributed by atoms with Gasteiger partial charge < -0.3 is 9.15 Å². The van der Waals surface area contributed by atoms with Crippen molar-refractivity contribution in [3.8, 4) is 0 Å². The summed E-state index contributed by atoms with van der Waals surface area (Å²) in [4.78, 5) is 22.8. The molecule has 2 aromatic rings. The SMILES string of the molecule is COC(=O)c1cc2cc(C(=O)CBr)ccc2o1. The molecule has 0 aliphatic carbocycles. The number of furan rings is 1. The first-order valence-electron chi connectivity index (χ1n) is 4.87. The van der Waals surface area contributed by atoms with Crippen molar-refractivity contribution in [3.63, 3.8) is 0 Å². The van der Waals surface area contributed by atoms with Crippen LogP contribution < -0.4 is 0 Å². The van der Waals surface area contributed by atoms with Crippen LogP contribution in [-0.4, -0.2) is 24.2 Å². The van der Waals surface area contributed by atoms with E-state index in [4.69, 9.17) is 4.42 Å². The van der Waals surface area contributed by atoms with Crippen LogP contribution in [0.3, 0.4) is 0 Å². The van der Waals surface area contributed by atoms with E-state index in [2.05, 4.69) is 20.7 Å². The summed E-state index contributed by atoms with van der Waals surface area (Å²) in [5.41, 5.74) is 1.13. The number of alkyl halides is 1. The van der Waals surface area contributed by atoms with Crippen molar-refractivity contribution in [2.24, 2.45) is 0 Å². The number of hydrogen-bond donors (Lipinski definition) is 0. The maximum absolute atomic E-state index is 11.5. The minimum Gasteiger partial charge on any atom is -0.463 e. The van der Waals surface area contributed by atoms with E-state index in [-0.39, 0.29) is 16.9 Å². The number of benzene rings is 1. The van der Waals surface area contributed by atoms with Gasteiger partial charge in [0.15, 0.2) is 5.78 Å². The van der Waals surface area contributed by atoms with Crippen molar-refractivity contribution >= 4 is 38.7 Å². The molecule has 0 fully saturated rings. The van der Waals surface area contributed by atoms with Crippen molar-refractivity contribution in [3.05, 3.63) is 35.6 Å². The lowest BCUT2D eigenvalue weighted by atomic mass is 10.1. The molecular formula is C12H9BrO4. The summed E-state index contributed by atoms with van der Waals surface area (Å²) < 4.78 is 9.85. The topological polar surface area (TPSA) is 56.5 Å². The molecule has 0 saturated carbocycles. The van der Waals surface area contributed by atoms with E-state index in [1.807, 2.05) is 0 Å². The highest BCUT2D eigenvalue weighted by molar-refractivity contribution is 9.09. The number of rotatable bonds is 3. The number of carbonyl (C=O) groups is 2. The number of ether oxygens (including phenoxy) is 1. The Morgan fingerprint density at radius 2 is 2.12 bits per heavy atom. The Morgan fingerprint density at radius 1 is 1.35 bits per heavy atom. The summed E-state index contributed by atoms with van der Waals surface area (Å²) in [6.45, 7) is 0. The van der Waals surface area contributed by atoms with Crippen LogP contribution in [0.5, 0.6) is 0 Å². The van der Waals surface area contributed by atoms with Crippen molar-refractivity contribution in [2.45, 2.75) is 0 Å². The molecule has 5 heteroatoms. The second-order valence-corrected chi connectivity index (χ2v) is 3.97. The van der Waals surface area contributed by atoms with E-state index < -0.39 is 5.97 Å². The van der Waals surface area contributed by atoms with Gasteiger partial charge in [-0.3, -0.25) is 4.79 Å². The third-order valence-electron chi connectivity index (χ3n) is 2.35. The van der Waals surface area contributed by atoms with Crippen molar-refractivity contribution in [1.29, 1.82) is 0 Å². The monoisotopic (exact) mass is 296 g/mol. The lowest BCUT2D eigenvalue weighted by Gasteiger charge is -1.95. The molecule has 0 aliphatic heterocycles. The Hall–Kier alpha value is -1.62. The Balaban J connectivity index is 2.48. The Labute approximate surface area is 106 Å². The molecule has 4 nitrogen and oxygen atoms in total. The molecule has 0 saturated heterocycles. The maximum Gasteiger partial charge on any atom is 0.373 e. The quantitative estimate of drug-likeness (QED) is 0.496. The average Bonchev–Trinajstić information content (AvgIpc) is 2.79. The smallest absolute Gasteiger partial charge is 0.373 e. The van der Waals surface area contributed by atoms with Crippen LogP contribution in [0, 0.1) is 0 Å². The second-order valence-electron chi connectivity index (χ2n) is 3.41. The number of carbonyl (C=O) groups excluding carboxylic acids is 2. The Morgan fingerprint density at radius 3 is 2.76 bits per heavy atom. The van der Waals surface area contributed by atoms with Gasteiger partial charge in [-0.25, -0.2) is 4.79 Å². The fourth-order valence-corrected chi connectivity index (χ4v) is 1.82. The minimum absolute atomic E-state index is 0.0206. The lowest BCUT2D eigenvalue weighted by molar-refractivity contribution is 0.0567. The summed E-state index contributed by atoms with van der Waals surface area (Å²) in [6.07, 6.45) is 0. The van der Waals surface area contributed by atoms with Gasteiger partial charge in [0.1, 0.15) is 5.58 Å². The summed E-state index contributed by atoms with van der Waals surface area (Å²) >= 11 is 3.11. The Kier molecular flexibility index (Phi) is 3.28. The van der Waals surface area contributed by atoms with Crippen LogP contribution in [0.4, 0.5) is 0 Å². The molecule has 17 heavy (non-hydrogen) atoms. The van der Waals surface area contributed by atoms with E-state index in [1.165, 1.54) is 7.11 Å². The molecular weight excluding hydrogens is 288 g/mol. The zero-order valence-electron chi connectivity index (χ0n) is 9.03. The molecule has 1 heterocycles. The van der Waals surface area contributed by atoms with Crippen LogP contribution >= 0.6 is 15.9 Å². The molecule has 1 aromatic carbocycles. The maximum atomic E-state index is 11.5. The van der Waals surface area contributed by atoms with Gasteiger partial charge in [0.25, 0.3) is 0 Å². The van der Waals surface area contributed by atoms with Crippen molar-refractivity contribution < 1.29 is 18.7 Å². The van der Waals surface area contributed by atoms with Crippen LogP contribution in [0.25, 0.3) is 11.0 Å². The van der Waals surface area contributed by atoms with Gasteiger partial charge in [0, 0.05) is 10.9 Å². The molecule has 0 bridgehead atoms. The number of fused-ring (bicyclic) bond motifs is 1. The number of ketones is 1. The summed E-state index contributed by atoms with van der Waals surface area (Å²) in [5, 5.41) is 0.970. The number of methoxy groups -OCH3 is 1. The predicted molar refractivity (Wildman–Crippen MR) is 65.7 cm³/mol. The van der Waals surface area contributed by atoms with E-state index in [0.29, 0.717) is 16.5 Å². The van der Waals surface area contributed by atoms with E-state index >= 15 is 0 Å². The van der Waals surface area contributed by atoms with Gasteiger partial charge in [-0.1, -0.05) is 15.9 Å². The van der Waals surface area contributed by atoms with E-state index in [9.17, 15) is 9.59 Å². The van der Waals surface area contributed by atoms with Gasteiger partial charge in [-0.15, -0.1) is 0 Å². The number of halogens is 1. The third kappa shape index (κ3) is 2.24. The van der Waals surface area contributed by atoms with Gasteiger partial charge in [0.05, 0.1) is 12.4 Å². The Bertz CT molecular complexity index is 571. The number of Topliss-reactive ketones (excluding diaryl/α,β-unsaturated/α-hetero) is 1. The van der Waals surface area contributed by atoms with Crippen LogP contribution in [0.2, 0.25) is 0 Å². The fourth-order valence-electron chi connectivity index (χ4n) is 1.50. The van der Waals surface area contributed by atoms with Gasteiger partial charge >= 0.3 is 5.97 Å². The van der Waals surface area contributed by atoms with Crippen LogP contribution in [0.1, 0.15) is 20.9 Å². The van der Waals surface area contributed by atoms with Gasteiger partial charge in [-0.05, 0) is 24.3 Å². The zero-order chi connectivity index (χ0) is 12.4. The fraction of sp³-hybridized carbons (Fsp3) is 0.167. The average molecular weight is 297 g/mol. The number of esters is 1. The molecule has 2 rings (SSSR count). The standard InChI is InChI=1S/C12H9BrO4/c1-16-12(15)11-5-8-4-7(9(14)6-13)2-3-10(8)17-11/h2-5H,6H2,1H3.